The van der Waals surface area contributed by atoms with Crippen LogP contribution in [0.1, 0.15) is 27.2 Å². The predicted octanol–water partition coefficient (Wildman–Crippen LogP) is 4.92. The fourth-order valence-electron chi connectivity index (χ4n) is 3.17. The number of benzene rings is 3. The summed E-state index contributed by atoms with van der Waals surface area (Å²) in [5.41, 5.74) is 8.80. The van der Waals surface area contributed by atoms with Gasteiger partial charge in [0.15, 0.2) is 5.69 Å². The highest BCUT2D eigenvalue weighted by molar-refractivity contribution is 5.94. The van der Waals surface area contributed by atoms with E-state index in [4.69, 9.17) is 0 Å². The lowest BCUT2D eigenvalue weighted by molar-refractivity contribution is 0.0949. The van der Waals surface area contributed by atoms with Gasteiger partial charge >= 0.3 is 0 Å². The number of nitrogens with one attached hydrogen (secondary N) is 1. The molecule has 0 atom stereocenters. The van der Waals surface area contributed by atoms with E-state index in [1.54, 1.807) is 12.3 Å². The zero-order valence-electron chi connectivity index (χ0n) is 16.9. The number of para-hydroxylation sites is 1. The SMILES string of the molecule is Cc1ccc(-c2cc(C(=O)N/N=C\c3ccccc3)nn2-c2ccccc2C)cc1. The van der Waals surface area contributed by atoms with Gasteiger partial charge in [-0.3, -0.25) is 4.79 Å². The topological polar surface area (TPSA) is 59.3 Å². The van der Waals surface area contributed by atoms with Gasteiger partial charge < -0.3 is 0 Å². The second kappa shape index (κ2) is 8.57. The minimum atomic E-state index is -0.358. The van der Waals surface area contributed by atoms with E-state index < -0.39 is 0 Å². The molecule has 1 heterocycles. The highest BCUT2D eigenvalue weighted by Crippen LogP contribution is 2.26. The van der Waals surface area contributed by atoms with E-state index in [9.17, 15) is 4.79 Å². The lowest BCUT2D eigenvalue weighted by Gasteiger charge is -2.10. The Morgan fingerprint density at radius 3 is 2.37 bits per heavy atom. The largest absolute Gasteiger partial charge is 0.291 e. The quantitative estimate of drug-likeness (QED) is 0.386. The Kier molecular flexibility index (Phi) is 5.52. The second-order valence-electron chi connectivity index (χ2n) is 7.09. The van der Waals surface area contributed by atoms with Crippen LogP contribution in [-0.2, 0) is 0 Å². The first-order valence-corrected chi connectivity index (χ1v) is 9.73. The molecule has 0 bridgehead atoms. The Balaban J connectivity index is 1.68. The summed E-state index contributed by atoms with van der Waals surface area (Å²) in [6.45, 7) is 4.08. The Morgan fingerprint density at radius 2 is 1.63 bits per heavy atom. The van der Waals surface area contributed by atoms with Gasteiger partial charge in [-0.25, -0.2) is 10.1 Å². The summed E-state index contributed by atoms with van der Waals surface area (Å²) in [6, 6.07) is 27.5. The zero-order chi connectivity index (χ0) is 20.9. The first kappa shape index (κ1) is 19.3. The predicted molar refractivity (Wildman–Crippen MR) is 120 cm³/mol. The van der Waals surface area contributed by atoms with Crippen LogP contribution >= 0.6 is 0 Å². The standard InChI is InChI=1S/C25H22N4O/c1-18-12-14-21(15-13-18)24-16-22(28-29(24)23-11-7-6-8-19(23)2)25(30)27-26-17-20-9-4-3-5-10-20/h3-17H,1-2H3,(H,27,30)/b26-17-. The Morgan fingerprint density at radius 1 is 0.933 bits per heavy atom. The van der Waals surface area contributed by atoms with Crippen LogP contribution in [-0.4, -0.2) is 21.9 Å². The summed E-state index contributed by atoms with van der Waals surface area (Å²) in [7, 11) is 0. The molecule has 0 radical (unpaired) electrons. The normalized spacial score (nSPS) is 11.0. The molecular weight excluding hydrogens is 372 g/mol. The second-order valence-corrected chi connectivity index (χ2v) is 7.09. The van der Waals surface area contributed by atoms with Crippen LogP contribution in [0, 0.1) is 13.8 Å². The van der Waals surface area contributed by atoms with Crippen molar-refractivity contribution in [1.29, 1.82) is 0 Å². The third-order valence-corrected chi connectivity index (χ3v) is 4.81. The molecule has 0 fully saturated rings. The van der Waals surface area contributed by atoms with Crippen molar-refractivity contribution in [2.75, 3.05) is 0 Å². The van der Waals surface area contributed by atoms with E-state index in [-0.39, 0.29) is 5.91 Å². The smallest absolute Gasteiger partial charge is 0.265 e. The average Bonchev–Trinajstić information content (AvgIpc) is 3.20. The Labute approximate surface area is 175 Å². The number of amides is 1. The van der Waals surface area contributed by atoms with Crippen molar-refractivity contribution < 1.29 is 4.79 Å². The fraction of sp³-hybridized carbons (Fsp3) is 0.0800. The molecule has 0 unspecified atom stereocenters. The lowest BCUT2D eigenvalue weighted by Crippen LogP contribution is -2.18. The number of rotatable bonds is 5. The van der Waals surface area contributed by atoms with Crippen LogP contribution in [0.5, 0.6) is 0 Å². The molecular formula is C25H22N4O. The third kappa shape index (κ3) is 4.20. The molecule has 4 aromatic rings. The molecule has 0 aliphatic rings. The van der Waals surface area contributed by atoms with Gasteiger partial charge in [-0.15, -0.1) is 0 Å². The van der Waals surface area contributed by atoms with Gasteiger partial charge in [0.05, 0.1) is 17.6 Å². The van der Waals surface area contributed by atoms with E-state index in [0.717, 1.165) is 28.1 Å². The molecule has 1 amide bonds. The molecule has 30 heavy (non-hydrogen) atoms. The molecule has 0 saturated heterocycles. The maximum Gasteiger partial charge on any atom is 0.291 e. The number of aryl methyl sites for hydroxylation is 2. The van der Waals surface area contributed by atoms with E-state index in [1.807, 2.05) is 85.3 Å². The van der Waals surface area contributed by atoms with Crippen molar-refractivity contribution in [1.82, 2.24) is 15.2 Å². The molecule has 0 aliphatic carbocycles. The summed E-state index contributed by atoms with van der Waals surface area (Å²) >= 11 is 0. The molecule has 0 saturated carbocycles. The average molecular weight is 394 g/mol. The van der Waals surface area contributed by atoms with Gasteiger partial charge in [-0.1, -0.05) is 78.4 Å². The number of carbonyl (C=O) groups excluding carboxylic acids is 1. The van der Waals surface area contributed by atoms with Gasteiger partial charge in [0, 0.05) is 5.56 Å². The van der Waals surface area contributed by atoms with E-state index in [2.05, 4.69) is 27.8 Å². The summed E-state index contributed by atoms with van der Waals surface area (Å²) in [5.74, 6) is -0.358. The molecule has 1 N–H and O–H groups in total. The van der Waals surface area contributed by atoms with Crippen LogP contribution in [0.4, 0.5) is 0 Å². The zero-order valence-corrected chi connectivity index (χ0v) is 16.9. The van der Waals surface area contributed by atoms with Crippen molar-refractivity contribution in [2.45, 2.75) is 13.8 Å². The number of hydrazone groups is 1. The van der Waals surface area contributed by atoms with Crippen molar-refractivity contribution >= 4 is 12.1 Å². The molecule has 3 aromatic carbocycles. The first-order chi connectivity index (χ1) is 14.6. The van der Waals surface area contributed by atoms with Gasteiger partial charge in [-0.05, 0) is 37.1 Å². The molecule has 1 aromatic heterocycles. The summed E-state index contributed by atoms with van der Waals surface area (Å²) in [6.07, 6.45) is 1.61. The first-order valence-electron chi connectivity index (χ1n) is 9.73. The number of carbonyl (C=O) groups is 1. The fourth-order valence-corrected chi connectivity index (χ4v) is 3.17. The Bertz CT molecular complexity index is 1190. The Hall–Kier alpha value is -3.99. The number of nitrogens with zero attached hydrogens (tertiary/aromatic N) is 3. The maximum absolute atomic E-state index is 12.7. The highest BCUT2D eigenvalue weighted by Gasteiger charge is 2.17. The minimum absolute atomic E-state index is 0.305. The van der Waals surface area contributed by atoms with Crippen LogP contribution in [0.2, 0.25) is 0 Å². The van der Waals surface area contributed by atoms with Crippen LogP contribution in [0.15, 0.2) is 90.0 Å². The monoisotopic (exact) mass is 394 g/mol. The molecule has 148 valence electrons. The van der Waals surface area contributed by atoms with E-state index in [0.29, 0.717) is 5.69 Å². The molecule has 5 heteroatoms. The van der Waals surface area contributed by atoms with Gasteiger partial charge in [0.2, 0.25) is 0 Å². The lowest BCUT2D eigenvalue weighted by atomic mass is 10.1. The summed E-state index contributed by atoms with van der Waals surface area (Å²) in [4.78, 5) is 12.7. The summed E-state index contributed by atoms with van der Waals surface area (Å²) in [5, 5.41) is 8.65. The van der Waals surface area contributed by atoms with Crippen molar-refractivity contribution in [2.24, 2.45) is 5.10 Å². The van der Waals surface area contributed by atoms with Crippen molar-refractivity contribution in [3.05, 3.63) is 107 Å². The van der Waals surface area contributed by atoms with Gasteiger partial charge in [0.25, 0.3) is 5.91 Å². The van der Waals surface area contributed by atoms with Crippen LogP contribution in [0.3, 0.4) is 0 Å². The van der Waals surface area contributed by atoms with Crippen LogP contribution < -0.4 is 5.43 Å². The maximum atomic E-state index is 12.7. The number of hydrogen-bond acceptors (Lipinski definition) is 3. The molecule has 5 nitrogen and oxygen atoms in total. The number of aromatic nitrogens is 2. The van der Waals surface area contributed by atoms with E-state index in [1.165, 1.54) is 5.56 Å². The third-order valence-electron chi connectivity index (χ3n) is 4.81. The molecule has 0 spiro atoms. The van der Waals surface area contributed by atoms with Crippen molar-refractivity contribution in [3.63, 3.8) is 0 Å². The van der Waals surface area contributed by atoms with Gasteiger partial charge in [0.1, 0.15) is 0 Å². The van der Waals surface area contributed by atoms with Gasteiger partial charge in [-0.2, -0.15) is 10.2 Å². The molecule has 4 rings (SSSR count). The molecule has 0 aliphatic heterocycles. The highest BCUT2D eigenvalue weighted by atomic mass is 16.2. The van der Waals surface area contributed by atoms with Crippen LogP contribution in [0.25, 0.3) is 16.9 Å². The minimum Gasteiger partial charge on any atom is -0.265 e. The summed E-state index contributed by atoms with van der Waals surface area (Å²) < 4.78 is 1.82. The number of hydrogen-bond donors (Lipinski definition) is 1. The van der Waals surface area contributed by atoms with Crippen molar-refractivity contribution in [3.8, 4) is 16.9 Å². The van der Waals surface area contributed by atoms with E-state index >= 15 is 0 Å².